The van der Waals surface area contributed by atoms with Crippen molar-refractivity contribution in [3.8, 4) is 5.75 Å². The van der Waals surface area contributed by atoms with Gasteiger partial charge in [-0.25, -0.2) is 0 Å². The third kappa shape index (κ3) is 1.90. The van der Waals surface area contributed by atoms with Crippen LogP contribution in [0.2, 0.25) is 0 Å². The summed E-state index contributed by atoms with van der Waals surface area (Å²) >= 11 is 0. The summed E-state index contributed by atoms with van der Waals surface area (Å²) < 4.78 is 4.94. The van der Waals surface area contributed by atoms with Gasteiger partial charge < -0.3 is 10.5 Å². The third-order valence-corrected chi connectivity index (χ3v) is 1.87. The van der Waals surface area contributed by atoms with Crippen LogP contribution in [0.1, 0.15) is 27.6 Å². The van der Waals surface area contributed by atoms with Crippen LogP contribution in [-0.2, 0) is 0 Å². The van der Waals surface area contributed by atoms with E-state index in [0.717, 1.165) is 0 Å². The van der Waals surface area contributed by atoms with Gasteiger partial charge in [0.15, 0.2) is 5.78 Å². The van der Waals surface area contributed by atoms with Gasteiger partial charge >= 0.3 is 0 Å². The zero-order valence-electron chi connectivity index (χ0n) is 8.03. The molecule has 0 spiro atoms. The van der Waals surface area contributed by atoms with E-state index in [4.69, 9.17) is 10.5 Å². The zero-order chi connectivity index (χ0) is 10.7. The average molecular weight is 193 g/mol. The smallest absolute Gasteiger partial charge is 0.249 e. The van der Waals surface area contributed by atoms with Gasteiger partial charge in [0.1, 0.15) is 5.75 Å². The van der Waals surface area contributed by atoms with E-state index in [1.54, 1.807) is 6.07 Å². The summed E-state index contributed by atoms with van der Waals surface area (Å²) in [6, 6.07) is 4.58. The molecular weight excluding hydrogens is 182 g/mol. The van der Waals surface area contributed by atoms with Gasteiger partial charge in [0.25, 0.3) is 0 Å². The molecule has 0 atom stereocenters. The van der Waals surface area contributed by atoms with Crippen LogP contribution in [0.5, 0.6) is 5.75 Å². The van der Waals surface area contributed by atoms with Gasteiger partial charge in [-0.3, -0.25) is 9.59 Å². The van der Waals surface area contributed by atoms with E-state index in [1.807, 2.05) is 0 Å². The molecule has 1 aromatic rings. The number of methoxy groups -OCH3 is 1. The number of amides is 1. The highest BCUT2D eigenvalue weighted by atomic mass is 16.5. The SMILES string of the molecule is COc1ccc(C(N)=O)c(C(C)=O)c1. The molecule has 2 N–H and O–H groups in total. The minimum absolute atomic E-state index is 0.210. The van der Waals surface area contributed by atoms with Gasteiger partial charge in [0.2, 0.25) is 5.91 Å². The summed E-state index contributed by atoms with van der Waals surface area (Å²) in [6.07, 6.45) is 0. The predicted molar refractivity (Wildman–Crippen MR) is 51.5 cm³/mol. The number of primary amides is 1. The quantitative estimate of drug-likeness (QED) is 0.728. The number of Topliss-reactive ketones (excluding diaryl/α,β-unsaturated/α-hetero) is 1. The third-order valence-electron chi connectivity index (χ3n) is 1.87. The Hall–Kier alpha value is -1.84. The number of benzene rings is 1. The molecule has 0 aliphatic rings. The van der Waals surface area contributed by atoms with Crippen molar-refractivity contribution in [2.24, 2.45) is 5.73 Å². The van der Waals surface area contributed by atoms with Gasteiger partial charge in [-0.15, -0.1) is 0 Å². The van der Waals surface area contributed by atoms with E-state index < -0.39 is 5.91 Å². The van der Waals surface area contributed by atoms with Crippen LogP contribution in [0.15, 0.2) is 18.2 Å². The van der Waals surface area contributed by atoms with Gasteiger partial charge in [-0.05, 0) is 25.1 Å². The first kappa shape index (κ1) is 10.2. The molecule has 0 aromatic heterocycles. The van der Waals surface area contributed by atoms with Crippen molar-refractivity contribution >= 4 is 11.7 Å². The monoisotopic (exact) mass is 193 g/mol. The number of hydrogen-bond donors (Lipinski definition) is 1. The van der Waals surface area contributed by atoms with Crippen molar-refractivity contribution in [1.82, 2.24) is 0 Å². The van der Waals surface area contributed by atoms with Crippen molar-refractivity contribution in [3.05, 3.63) is 29.3 Å². The maximum atomic E-state index is 11.2. The maximum Gasteiger partial charge on any atom is 0.249 e. The molecule has 1 amide bonds. The number of hydrogen-bond acceptors (Lipinski definition) is 3. The van der Waals surface area contributed by atoms with Crippen molar-refractivity contribution in [2.45, 2.75) is 6.92 Å². The van der Waals surface area contributed by atoms with Crippen molar-refractivity contribution < 1.29 is 14.3 Å². The Morgan fingerprint density at radius 3 is 2.36 bits per heavy atom. The summed E-state index contributed by atoms with van der Waals surface area (Å²) in [7, 11) is 1.49. The second-order valence-corrected chi connectivity index (χ2v) is 2.83. The standard InChI is InChI=1S/C10H11NO3/c1-6(12)9-5-7(14-2)3-4-8(9)10(11)13/h3-5H,1-2H3,(H2,11,13). The first-order valence-corrected chi connectivity index (χ1v) is 4.05. The molecule has 0 unspecified atom stereocenters. The number of carbonyl (C=O) groups is 2. The summed E-state index contributed by atoms with van der Waals surface area (Å²) in [5.74, 6) is -0.296. The lowest BCUT2D eigenvalue weighted by Gasteiger charge is -2.05. The average Bonchev–Trinajstić information content (AvgIpc) is 2.16. The lowest BCUT2D eigenvalue weighted by molar-refractivity contribution is 0.0973. The van der Waals surface area contributed by atoms with Crippen LogP contribution >= 0.6 is 0 Å². The topological polar surface area (TPSA) is 69.4 Å². The predicted octanol–water partition coefficient (Wildman–Crippen LogP) is 0.997. The number of carbonyl (C=O) groups excluding carboxylic acids is 2. The fourth-order valence-corrected chi connectivity index (χ4v) is 1.16. The fourth-order valence-electron chi connectivity index (χ4n) is 1.16. The Labute approximate surface area is 81.7 Å². The van der Waals surface area contributed by atoms with Gasteiger partial charge in [-0.1, -0.05) is 0 Å². The van der Waals surface area contributed by atoms with E-state index in [-0.39, 0.29) is 16.9 Å². The van der Waals surface area contributed by atoms with E-state index in [0.29, 0.717) is 5.75 Å². The molecule has 0 fully saturated rings. The lowest BCUT2D eigenvalue weighted by Crippen LogP contribution is -2.15. The molecule has 0 saturated heterocycles. The molecule has 0 aliphatic carbocycles. The molecule has 1 rings (SSSR count). The molecule has 4 nitrogen and oxygen atoms in total. The lowest BCUT2D eigenvalue weighted by atomic mass is 10.0. The number of nitrogens with two attached hydrogens (primary N) is 1. The van der Waals surface area contributed by atoms with Gasteiger partial charge in [0, 0.05) is 5.56 Å². The summed E-state index contributed by atoms with van der Waals surface area (Å²) in [5.41, 5.74) is 5.62. The van der Waals surface area contributed by atoms with Crippen molar-refractivity contribution in [3.63, 3.8) is 0 Å². The second-order valence-electron chi connectivity index (χ2n) is 2.83. The van der Waals surface area contributed by atoms with Crippen LogP contribution in [0.25, 0.3) is 0 Å². The first-order valence-electron chi connectivity index (χ1n) is 4.05. The van der Waals surface area contributed by atoms with Crippen molar-refractivity contribution in [1.29, 1.82) is 0 Å². The Kier molecular flexibility index (Phi) is 2.86. The van der Waals surface area contributed by atoms with Crippen molar-refractivity contribution in [2.75, 3.05) is 7.11 Å². The van der Waals surface area contributed by atoms with Gasteiger partial charge in [-0.2, -0.15) is 0 Å². The number of ether oxygens (including phenoxy) is 1. The van der Waals surface area contributed by atoms with Gasteiger partial charge in [0.05, 0.1) is 12.7 Å². The fraction of sp³-hybridized carbons (Fsp3) is 0.200. The summed E-state index contributed by atoms with van der Waals surface area (Å²) in [4.78, 5) is 22.1. The number of rotatable bonds is 3. The minimum Gasteiger partial charge on any atom is -0.497 e. The second kappa shape index (κ2) is 3.91. The van der Waals surface area contributed by atoms with Crippen LogP contribution in [-0.4, -0.2) is 18.8 Å². The summed E-state index contributed by atoms with van der Waals surface area (Å²) in [6.45, 7) is 1.38. The molecule has 0 radical (unpaired) electrons. The Balaban J connectivity index is 3.31. The molecule has 74 valence electrons. The molecule has 4 heteroatoms. The summed E-state index contributed by atoms with van der Waals surface area (Å²) in [5, 5.41) is 0. The van der Waals surface area contributed by atoms with E-state index >= 15 is 0 Å². The highest BCUT2D eigenvalue weighted by Crippen LogP contribution is 2.17. The largest absolute Gasteiger partial charge is 0.497 e. The molecule has 0 bridgehead atoms. The Morgan fingerprint density at radius 1 is 1.29 bits per heavy atom. The van der Waals surface area contributed by atoms with E-state index in [2.05, 4.69) is 0 Å². The Bertz CT molecular complexity index is 385. The minimum atomic E-state index is -0.613. The van der Waals surface area contributed by atoms with Crippen LogP contribution in [0, 0.1) is 0 Å². The first-order chi connectivity index (χ1) is 6.56. The Morgan fingerprint density at radius 2 is 1.93 bits per heavy atom. The van der Waals surface area contributed by atoms with Crippen LogP contribution in [0.4, 0.5) is 0 Å². The molecular formula is C10H11NO3. The van der Waals surface area contributed by atoms with E-state index in [1.165, 1.54) is 26.2 Å². The molecule has 0 heterocycles. The highest BCUT2D eigenvalue weighted by Gasteiger charge is 2.12. The normalized spacial score (nSPS) is 9.57. The van der Waals surface area contributed by atoms with Crippen LogP contribution in [0.3, 0.4) is 0 Å². The van der Waals surface area contributed by atoms with E-state index in [9.17, 15) is 9.59 Å². The number of ketones is 1. The zero-order valence-corrected chi connectivity index (χ0v) is 8.03. The molecule has 0 saturated carbocycles. The maximum absolute atomic E-state index is 11.2. The van der Waals surface area contributed by atoms with Crippen LogP contribution < -0.4 is 10.5 Å². The molecule has 1 aromatic carbocycles. The molecule has 14 heavy (non-hydrogen) atoms. The highest BCUT2D eigenvalue weighted by molar-refractivity contribution is 6.06. The molecule has 0 aliphatic heterocycles.